The van der Waals surface area contributed by atoms with Crippen molar-refractivity contribution in [1.82, 2.24) is 44.9 Å². The molecule has 0 unspecified atom stereocenters. The number of amides is 9. The Bertz CT molecular complexity index is 2370. The predicted molar refractivity (Wildman–Crippen MR) is 327 cm³/mol. The van der Waals surface area contributed by atoms with Crippen LogP contribution in [0.5, 0.6) is 0 Å². The molecule has 85 heavy (non-hydrogen) atoms. The van der Waals surface area contributed by atoms with E-state index in [1.807, 2.05) is 47.6 Å². The van der Waals surface area contributed by atoms with Crippen LogP contribution in [0.3, 0.4) is 0 Å². The number of carbonyl (C=O) groups is 12. The molecule has 484 valence electrons. The zero-order valence-electron chi connectivity index (χ0n) is 56.1. The van der Waals surface area contributed by atoms with E-state index >= 15 is 19.2 Å². The van der Waals surface area contributed by atoms with Gasteiger partial charge in [0.05, 0.1) is 18.6 Å². The number of ketones is 2. The number of rotatable bonds is 14. The first-order chi connectivity index (χ1) is 39.2. The third-order valence-corrected chi connectivity index (χ3v) is 16.5. The molecule has 0 aromatic heterocycles. The summed E-state index contributed by atoms with van der Waals surface area (Å²) < 4.78 is 5.91. The Morgan fingerprint density at radius 3 is 1.48 bits per heavy atom. The first kappa shape index (κ1) is 76.8. The van der Waals surface area contributed by atoms with Crippen molar-refractivity contribution < 1.29 is 62.3 Å². The fraction of sp³-hybridized carbons (Fsp3) is 0.778. The van der Waals surface area contributed by atoms with Gasteiger partial charge in [-0.2, -0.15) is 0 Å². The quantitative estimate of drug-likeness (QED) is 0.172. The summed E-state index contributed by atoms with van der Waals surface area (Å²) in [5.74, 6) is -11.3. The summed E-state index contributed by atoms with van der Waals surface area (Å²) in [5.41, 5.74) is 0. The van der Waals surface area contributed by atoms with Gasteiger partial charge in [0.15, 0.2) is 11.6 Å². The lowest BCUT2D eigenvalue weighted by atomic mass is 9.86. The van der Waals surface area contributed by atoms with Gasteiger partial charge in [0.1, 0.15) is 42.4 Å². The van der Waals surface area contributed by atoms with Crippen molar-refractivity contribution in [3.05, 3.63) is 12.2 Å². The molecule has 1 fully saturated rings. The Morgan fingerprint density at radius 1 is 0.553 bits per heavy atom. The van der Waals surface area contributed by atoms with E-state index in [0.717, 1.165) is 9.80 Å². The van der Waals surface area contributed by atoms with Crippen molar-refractivity contribution in [3.8, 4) is 0 Å². The molecule has 22 nitrogen and oxygen atoms in total. The fourth-order valence-electron chi connectivity index (χ4n) is 10.9. The Balaban J connectivity index is 4.34. The second kappa shape index (κ2) is 34.8. The number of nitrogens with zero attached hydrogens (tertiary/aromatic N) is 7. The molecule has 1 rings (SSSR count). The van der Waals surface area contributed by atoms with E-state index in [1.165, 1.54) is 94.6 Å². The highest BCUT2D eigenvalue weighted by Gasteiger charge is 2.47. The van der Waals surface area contributed by atoms with Gasteiger partial charge in [0.2, 0.25) is 53.2 Å². The molecule has 1 heterocycles. The molecule has 12 atom stereocenters. The molecule has 1 aliphatic rings. The van der Waals surface area contributed by atoms with Crippen molar-refractivity contribution >= 4 is 70.7 Å². The summed E-state index contributed by atoms with van der Waals surface area (Å²) in [5, 5.41) is 5.51. The van der Waals surface area contributed by atoms with Crippen molar-refractivity contribution in [2.75, 3.05) is 55.9 Å². The highest BCUT2D eigenvalue weighted by molar-refractivity contribution is 5.99. The summed E-state index contributed by atoms with van der Waals surface area (Å²) in [6.07, 6.45) is 2.58. The van der Waals surface area contributed by atoms with Crippen molar-refractivity contribution in [2.24, 2.45) is 47.3 Å². The van der Waals surface area contributed by atoms with E-state index < -0.39 is 161 Å². The average Bonchev–Trinajstić information content (AvgIpc) is 2.68. The fourth-order valence-corrected chi connectivity index (χ4v) is 10.9. The van der Waals surface area contributed by atoms with Gasteiger partial charge in [-0.05, 0) is 88.4 Å². The van der Waals surface area contributed by atoms with Gasteiger partial charge in [-0.3, -0.25) is 57.5 Å². The molecular formula is C63H109N9O13. The van der Waals surface area contributed by atoms with Gasteiger partial charge in [0, 0.05) is 80.9 Å². The molecule has 0 bridgehead atoms. The highest BCUT2D eigenvalue weighted by Crippen LogP contribution is 2.28. The molecule has 1 saturated heterocycles. The van der Waals surface area contributed by atoms with E-state index in [9.17, 15) is 38.4 Å². The molecule has 0 saturated carbocycles. The SMILES string of the molecule is C/C=C/C[C@@H](C)[C@@H](OC(C)=O)[C@H]1C(=O)N[C@@H](CC)C(=O)N(C)CC(=O)N(C)[C@@H](C)C(=O)C[C@@H](C(C)C)C(=O)N(C)[C@@H](CC(C)C)C(=O)C[C@@H](C)C(=O)N[C@H](C)C(=O)N(C)[C@@H](CC(C)C)C(=O)N(C)[C@@H](CC(C)C)C(=O)N(C)[C@@H](C(C)C)C(=O)N1C. The van der Waals surface area contributed by atoms with Crippen LogP contribution < -0.4 is 10.6 Å². The number of hydrogen-bond acceptors (Lipinski definition) is 13. The highest BCUT2D eigenvalue weighted by atomic mass is 16.5. The van der Waals surface area contributed by atoms with E-state index in [-0.39, 0.29) is 56.3 Å². The maximum absolute atomic E-state index is 15.3. The van der Waals surface area contributed by atoms with E-state index in [4.69, 9.17) is 4.74 Å². The third kappa shape index (κ3) is 21.6. The van der Waals surface area contributed by atoms with Crippen LogP contribution in [0, 0.1) is 47.3 Å². The van der Waals surface area contributed by atoms with Crippen LogP contribution in [-0.4, -0.2) is 215 Å². The van der Waals surface area contributed by atoms with Gasteiger partial charge in [-0.15, -0.1) is 0 Å². The molecular weight excluding hydrogens is 1090 g/mol. The van der Waals surface area contributed by atoms with Crippen molar-refractivity contribution in [3.63, 3.8) is 0 Å². The van der Waals surface area contributed by atoms with Gasteiger partial charge >= 0.3 is 5.97 Å². The first-order valence-corrected chi connectivity index (χ1v) is 30.5. The van der Waals surface area contributed by atoms with Crippen LogP contribution >= 0.6 is 0 Å². The minimum absolute atomic E-state index is 0.0115. The molecule has 22 heteroatoms. The van der Waals surface area contributed by atoms with Crippen LogP contribution in [0.25, 0.3) is 0 Å². The van der Waals surface area contributed by atoms with E-state index in [0.29, 0.717) is 6.42 Å². The first-order valence-electron chi connectivity index (χ1n) is 30.5. The van der Waals surface area contributed by atoms with Crippen LogP contribution in [0.15, 0.2) is 12.2 Å². The molecule has 1 aliphatic heterocycles. The summed E-state index contributed by atoms with van der Waals surface area (Å²) >= 11 is 0. The Hall–Kier alpha value is -6.22. The molecule has 0 spiro atoms. The number of allylic oxidation sites excluding steroid dienone is 2. The lowest BCUT2D eigenvalue weighted by Gasteiger charge is -2.42. The maximum Gasteiger partial charge on any atom is 0.303 e. The van der Waals surface area contributed by atoms with Crippen molar-refractivity contribution in [2.45, 2.75) is 217 Å². The smallest absolute Gasteiger partial charge is 0.303 e. The Morgan fingerprint density at radius 2 is 1.02 bits per heavy atom. The lowest BCUT2D eigenvalue weighted by molar-refractivity contribution is -0.164. The number of likely N-dealkylation sites (N-methyl/N-ethyl adjacent to an activating group) is 7. The summed E-state index contributed by atoms with van der Waals surface area (Å²) in [7, 11) is 9.97. The summed E-state index contributed by atoms with van der Waals surface area (Å²) in [4.78, 5) is 182. The van der Waals surface area contributed by atoms with Crippen LogP contribution in [-0.2, 0) is 62.3 Å². The molecule has 9 amide bonds. The average molecular weight is 1200 g/mol. The Kier molecular flexibility index (Phi) is 31.4. The summed E-state index contributed by atoms with van der Waals surface area (Å²) in [6, 6.07) is -9.69. The molecule has 0 aromatic carbocycles. The monoisotopic (exact) mass is 1200 g/mol. The number of ether oxygens (including phenoxy) is 1. The molecule has 0 aliphatic carbocycles. The van der Waals surface area contributed by atoms with Crippen molar-refractivity contribution in [1.29, 1.82) is 0 Å². The predicted octanol–water partition coefficient (Wildman–Crippen LogP) is 4.99. The zero-order chi connectivity index (χ0) is 66.0. The number of esters is 1. The van der Waals surface area contributed by atoms with Gasteiger partial charge < -0.3 is 49.7 Å². The minimum Gasteiger partial charge on any atom is -0.459 e. The number of Topliss-reactive ketones (excluding diaryl/α,β-unsaturated/α-hetero) is 2. The second-order valence-electron chi connectivity index (χ2n) is 25.8. The third-order valence-electron chi connectivity index (χ3n) is 16.5. The molecule has 0 aromatic rings. The second-order valence-corrected chi connectivity index (χ2v) is 25.8. The lowest BCUT2D eigenvalue weighted by Crippen LogP contribution is -2.64. The summed E-state index contributed by atoms with van der Waals surface area (Å²) in [6.45, 7) is 28.6. The number of hydrogen-bond donors (Lipinski definition) is 2. The van der Waals surface area contributed by atoms with Gasteiger partial charge in [0.25, 0.3) is 0 Å². The largest absolute Gasteiger partial charge is 0.459 e. The van der Waals surface area contributed by atoms with Gasteiger partial charge in [-0.1, -0.05) is 102 Å². The zero-order valence-corrected chi connectivity index (χ0v) is 56.1. The van der Waals surface area contributed by atoms with E-state index in [1.54, 1.807) is 61.5 Å². The molecule has 2 N–H and O–H groups in total. The minimum atomic E-state index is -1.59. The molecule has 0 radical (unpaired) electrons. The van der Waals surface area contributed by atoms with E-state index in [2.05, 4.69) is 10.6 Å². The number of carbonyl (C=O) groups excluding carboxylic acids is 12. The standard InChI is InChI=1S/C63H109N9O13/c1-25-27-28-40(13)55(85-44(17)73)54-57(78)65-46(26-2)60(81)66(18)34-52(76)67(19)43(16)50(74)33-45(38(9)10)59(80)68(20)47(29-35(3)4)51(75)32-41(14)56(77)64-42(15)58(79)69(21)48(30-36(5)6)61(82)70(22)49(31-37(7)8)62(83)71(23)53(39(11)12)63(84)72(54)24/h25,27,35-43,45-49,53-55H,26,28-34H2,1-24H3,(H,64,77)(H,65,78)/b27-25+/t40-,41-,42-,43+,45+,46+,47+,48+,49+,53+,54+,55-/m1/s1. The Labute approximate surface area is 508 Å². The van der Waals surface area contributed by atoms with Gasteiger partial charge in [-0.25, -0.2) is 0 Å². The van der Waals surface area contributed by atoms with Crippen LogP contribution in [0.1, 0.15) is 163 Å². The van der Waals surface area contributed by atoms with Crippen LogP contribution in [0.4, 0.5) is 0 Å². The maximum atomic E-state index is 15.3. The topological polar surface area (TPSA) is 261 Å². The van der Waals surface area contributed by atoms with Crippen LogP contribution in [0.2, 0.25) is 0 Å². The normalized spacial score (nSPS) is 26.9. The number of nitrogens with one attached hydrogen (secondary N) is 2.